The summed E-state index contributed by atoms with van der Waals surface area (Å²) in [5.41, 5.74) is 1.67. The topological polar surface area (TPSA) is 32.6 Å². The first-order valence-corrected chi connectivity index (χ1v) is 4.54. The second-order valence-electron chi connectivity index (χ2n) is 2.41. The highest BCUT2D eigenvalue weighted by atomic mass is 79.9. The van der Waals surface area contributed by atoms with Gasteiger partial charge in [0, 0.05) is 4.47 Å². The van der Waals surface area contributed by atoms with Crippen LogP contribution in [-0.2, 0) is 0 Å². The predicted octanol–water partition coefficient (Wildman–Crippen LogP) is 3.04. The molecule has 0 spiro atoms. The van der Waals surface area contributed by atoms with Gasteiger partial charge in [-0.2, -0.15) is 0 Å². The van der Waals surface area contributed by atoms with Crippen molar-refractivity contribution in [1.82, 2.24) is 0 Å². The summed E-state index contributed by atoms with van der Waals surface area (Å²) in [5, 5.41) is 11.8. The summed E-state index contributed by atoms with van der Waals surface area (Å²) in [6.07, 6.45) is 0.734. The third-order valence-corrected chi connectivity index (χ3v) is 2.16. The van der Waals surface area contributed by atoms with Crippen molar-refractivity contribution >= 4 is 21.6 Å². The summed E-state index contributed by atoms with van der Waals surface area (Å²) >= 11 is 3.34. The van der Waals surface area contributed by atoms with Gasteiger partial charge in [0.05, 0.1) is 5.71 Å². The second kappa shape index (κ2) is 4.26. The van der Waals surface area contributed by atoms with E-state index in [-0.39, 0.29) is 0 Å². The van der Waals surface area contributed by atoms with Crippen molar-refractivity contribution < 1.29 is 5.21 Å². The minimum Gasteiger partial charge on any atom is -0.411 e. The van der Waals surface area contributed by atoms with Gasteiger partial charge in [-0.1, -0.05) is 40.1 Å². The van der Waals surface area contributed by atoms with Gasteiger partial charge >= 0.3 is 0 Å². The van der Waals surface area contributed by atoms with Crippen molar-refractivity contribution in [3.63, 3.8) is 0 Å². The van der Waals surface area contributed by atoms with Crippen molar-refractivity contribution in [3.8, 4) is 0 Å². The minimum absolute atomic E-state index is 0.711. The molecule has 0 atom stereocenters. The highest BCUT2D eigenvalue weighted by Gasteiger charge is 1.99. The number of benzene rings is 1. The average molecular weight is 228 g/mol. The Hall–Kier alpha value is -0.830. The lowest BCUT2D eigenvalue weighted by Gasteiger charge is -2.00. The summed E-state index contributed by atoms with van der Waals surface area (Å²) < 4.78 is 1.03. The number of hydrogen-bond acceptors (Lipinski definition) is 2. The first-order valence-electron chi connectivity index (χ1n) is 3.74. The Morgan fingerprint density at radius 1 is 1.42 bits per heavy atom. The molecule has 0 unspecified atom stereocenters. The maximum atomic E-state index is 8.63. The first-order chi connectivity index (χ1) is 5.77. The van der Waals surface area contributed by atoms with Crippen molar-refractivity contribution in [2.24, 2.45) is 5.16 Å². The Labute approximate surface area is 80.0 Å². The largest absolute Gasteiger partial charge is 0.411 e. The molecule has 1 aromatic carbocycles. The highest BCUT2D eigenvalue weighted by molar-refractivity contribution is 9.10. The Bertz CT molecular complexity index is 279. The molecule has 0 aliphatic rings. The maximum Gasteiger partial charge on any atom is 0.0865 e. The van der Waals surface area contributed by atoms with E-state index < -0.39 is 0 Å². The molecule has 0 radical (unpaired) electrons. The molecule has 0 amide bonds. The van der Waals surface area contributed by atoms with Gasteiger partial charge in [-0.15, -0.1) is 0 Å². The van der Waals surface area contributed by atoms with E-state index in [1.54, 1.807) is 0 Å². The molecule has 0 aromatic heterocycles. The normalized spacial score (nSPS) is 11.7. The van der Waals surface area contributed by atoms with Gasteiger partial charge in [-0.3, -0.25) is 0 Å². The number of halogens is 1. The van der Waals surface area contributed by atoms with Crippen molar-refractivity contribution in [1.29, 1.82) is 0 Å². The summed E-state index contributed by atoms with van der Waals surface area (Å²) in [5.74, 6) is 0. The third-order valence-electron chi connectivity index (χ3n) is 1.63. The van der Waals surface area contributed by atoms with Crippen LogP contribution in [0.15, 0.2) is 33.9 Å². The van der Waals surface area contributed by atoms with Crippen LogP contribution in [0.3, 0.4) is 0 Å². The van der Waals surface area contributed by atoms with Gasteiger partial charge in [0.15, 0.2) is 0 Å². The summed E-state index contributed by atoms with van der Waals surface area (Å²) in [6, 6.07) is 7.69. The zero-order valence-electron chi connectivity index (χ0n) is 6.79. The van der Waals surface area contributed by atoms with Crippen LogP contribution in [0.5, 0.6) is 0 Å². The zero-order chi connectivity index (χ0) is 8.97. The van der Waals surface area contributed by atoms with E-state index >= 15 is 0 Å². The molecule has 0 aliphatic heterocycles. The molecule has 1 rings (SSSR count). The van der Waals surface area contributed by atoms with Gasteiger partial charge in [0.25, 0.3) is 0 Å². The molecule has 1 aromatic rings. The van der Waals surface area contributed by atoms with Crippen molar-refractivity contribution in [2.75, 3.05) is 0 Å². The van der Waals surface area contributed by atoms with Crippen LogP contribution in [0.25, 0.3) is 0 Å². The summed E-state index contributed by atoms with van der Waals surface area (Å²) in [7, 11) is 0. The van der Waals surface area contributed by atoms with Gasteiger partial charge in [0.1, 0.15) is 0 Å². The van der Waals surface area contributed by atoms with E-state index in [9.17, 15) is 0 Å². The van der Waals surface area contributed by atoms with Gasteiger partial charge in [-0.25, -0.2) is 0 Å². The van der Waals surface area contributed by atoms with Gasteiger partial charge in [-0.05, 0) is 24.1 Å². The van der Waals surface area contributed by atoms with Crippen LogP contribution in [0.4, 0.5) is 0 Å². The van der Waals surface area contributed by atoms with Crippen LogP contribution in [0.2, 0.25) is 0 Å². The predicted molar refractivity (Wildman–Crippen MR) is 52.8 cm³/mol. The van der Waals surface area contributed by atoms with E-state index in [4.69, 9.17) is 5.21 Å². The number of hydrogen-bond donors (Lipinski definition) is 1. The van der Waals surface area contributed by atoms with Gasteiger partial charge < -0.3 is 5.21 Å². The fourth-order valence-electron chi connectivity index (χ4n) is 0.975. The summed E-state index contributed by atoms with van der Waals surface area (Å²) in [6.45, 7) is 1.96. The number of rotatable bonds is 2. The first kappa shape index (κ1) is 9.26. The standard InChI is InChI=1S/C9H10BrNO/c1-2-9(11-12)7-3-5-8(10)6-4-7/h3-6,12H,2H2,1H3. The smallest absolute Gasteiger partial charge is 0.0865 e. The van der Waals surface area contributed by atoms with Crippen molar-refractivity contribution in [3.05, 3.63) is 34.3 Å². The molecule has 1 N–H and O–H groups in total. The Kier molecular flexibility index (Phi) is 3.29. The molecule has 0 fully saturated rings. The van der Waals surface area contributed by atoms with E-state index in [0.29, 0.717) is 5.71 Å². The SMILES string of the molecule is CCC(=NO)c1ccc(Br)cc1. The number of oxime groups is 1. The molecule has 0 aliphatic carbocycles. The maximum absolute atomic E-state index is 8.63. The molecule has 0 bridgehead atoms. The van der Waals surface area contributed by atoms with E-state index in [2.05, 4.69) is 21.1 Å². The lowest BCUT2D eigenvalue weighted by Crippen LogP contribution is -1.97. The number of nitrogens with zero attached hydrogens (tertiary/aromatic N) is 1. The van der Waals surface area contributed by atoms with Crippen LogP contribution < -0.4 is 0 Å². The fourth-order valence-corrected chi connectivity index (χ4v) is 1.24. The quantitative estimate of drug-likeness (QED) is 0.471. The zero-order valence-corrected chi connectivity index (χ0v) is 8.37. The van der Waals surface area contributed by atoms with E-state index in [1.165, 1.54) is 0 Å². The molecular weight excluding hydrogens is 218 g/mol. The molecule has 3 heteroatoms. The molecular formula is C9H10BrNO. The lowest BCUT2D eigenvalue weighted by molar-refractivity contribution is 0.318. The molecule has 0 heterocycles. The van der Waals surface area contributed by atoms with Crippen molar-refractivity contribution in [2.45, 2.75) is 13.3 Å². The second-order valence-corrected chi connectivity index (χ2v) is 3.32. The van der Waals surface area contributed by atoms with Crippen LogP contribution >= 0.6 is 15.9 Å². The molecule has 0 saturated carbocycles. The fraction of sp³-hybridized carbons (Fsp3) is 0.222. The van der Waals surface area contributed by atoms with Gasteiger partial charge in [0.2, 0.25) is 0 Å². The molecule has 12 heavy (non-hydrogen) atoms. The Morgan fingerprint density at radius 2 is 2.00 bits per heavy atom. The van der Waals surface area contributed by atoms with E-state index in [1.807, 2.05) is 31.2 Å². The minimum atomic E-state index is 0.711. The Morgan fingerprint density at radius 3 is 2.42 bits per heavy atom. The van der Waals surface area contributed by atoms with Crippen LogP contribution in [0.1, 0.15) is 18.9 Å². The van der Waals surface area contributed by atoms with Crippen LogP contribution in [0, 0.1) is 0 Å². The molecule has 2 nitrogen and oxygen atoms in total. The van der Waals surface area contributed by atoms with E-state index in [0.717, 1.165) is 16.5 Å². The van der Waals surface area contributed by atoms with Crippen LogP contribution in [-0.4, -0.2) is 10.9 Å². The monoisotopic (exact) mass is 227 g/mol. The summed E-state index contributed by atoms with van der Waals surface area (Å²) in [4.78, 5) is 0. The molecule has 0 saturated heterocycles. The average Bonchev–Trinajstić information content (AvgIpc) is 2.10. The Balaban J connectivity index is 2.96. The third kappa shape index (κ3) is 2.08. The molecule has 64 valence electrons. The lowest BCUT2D eigenvalue weighted by atomic mass is 10.1. The highest BCUT2D eigenvalue weighted by Crippen LogP contribution is 2.12.